The van der Waals surface area contributed by atoms with Crippen molar-refractivity contribution in [2.75, 3.05) is 0 Å². The van der Waals surface area contributed by atoms with Gasteiger partial charge in [-0.3, -0.25) is 14.4 Å². The first-order valence-electron chi connectivity index (χ1n) is 7.92. The first-order chi connectivity index (χ1) is 12.4. The lowest BCUT2D eigenvalue weighted by atomic mass is 9.95. The molecular formula is C20H18ClNO3S. The zero-order valence-corrected chi connectivity index (χ0v) is 15.8. The van der Waals surface area contributed by atoms with Crippen molar-refractivity contribution >= 4 is 40.8 Å². The molecule has 1 amide bonds. The Balaban J connectivity index is 2.38. The van der Waals surface area contributed by atoms with E-state index in [4.69, 9.17) is 11.6 Å². The molecule has 1 aromatic carbocycles. The van der Waals surface area contributed by atoms with Gasteiger partial charge in [-0.05, 0) is 30.7 Å². The molecule has 0 unspecified atom stereocenters. The number of carbonyl (C=O) groups is 3. The van der Waals surface area contributed by atoms with E-state index in [0.29, 0.717) is 17.0 Å². The van der Waals surface area contributed by atoms with E-state index in [1.54, 1.807) is 42.5 Å². The number of ketones is 2. The average Bonchev–Trinajstić information content (AvgIpc) is 2.60. The summed E-state index contributed by atoms with van der Waals surface area (Å²) in [6.07, 6.45) is 7.54. The Morgan fingerprint density at radius 1 is 1.31 bits per heavy atom. The molecule has 0 aromatic heterocycles. The molecule has 0 radical (unpaired) electrons. The van der Waals surface area contributed by atoms with Crippen molar-refractivity contribution in [2.24, 2.45) is 0 Å². The van der Waals surface area contributed by atoms with Crippen LogP contribution in [0, 0.1) is 0 Å². The number of thioether (sulfide) groups is 1. The fourth-order valence-corrected chi connectivity index (χ4v) is 3.31. The largest absolute Gasteiger partial charge is 0.322 e. The number of hydrogen-bond donors (Lipinski definition) is 1. The summed E-state index contributed by atoms with van der Waals surface area (Å²) in [6.45, 7) is 4.92. The molecule has 6 heteroatoms. The van der Waals surface area contributed by atoms with Gasteiger partial charge in [0.05, 0.1) is 4.91 Å². The third-order valence-electron chi connectivity index (χ3n) is 3.42. The Kier molecular flexibility index (Phi) is 7.18. The summed E-state index contributed by atoms with van der Waals surface area (Å²) in [5, 5.41) is 3.09. The minimum atomic E-state index is -0.404. The van der Waals surface area contributed by atoms with E-state index in [9.17, 15) is 14.4 Å². The second-order valence-corrected chi connectivity index (χ2v) is 7.04. The lowest BCUT2D eigenvalue weighted by molar-refractivity contribution is -0.121. The maximum absolute atomic E-state index is 12.7. The minimum Gasteiger partial charge on any atom is -0.322 e. The van der Waals surface area contributed by atoms with Crippen LogP contribution in [-0.4, -0.2) is 17.5 Å². The van der Waals surface area contributed by atoms with E-state index in [2.05, 4.69) is 11.9 Å². The van der Waals surface area contributed by atoms with Gasteiger partial charge < -0.3 is 5.32 Å². The average molecular weight is 388 g/mol. The fraction of sp³-hybridized carbons (Fsp3) is 0.150. The number of benzene rings is 1. The summed E-state index contributed by atoms with van der Waals surface area (Å²) in [7, 11) is 0. The van der Waals surface area contributed by atoms with Gasteiger partial charge in [-0.2, -0.15) is 0 Å². The molecule has 0 atom stereocenters. The smallest absolute Gasteiger partial charge is 0.221 e. The van der Waals surface area contributed by atoms with Crippen molar-refractivity contribution in [3.63, 3.8) is 0 Å². The van der Waals surface area contributed by atoms with Crippen LogP contribution < -0.4 is 5.32 Å². The van der Waals surface area contributed by atoms with Crippen LogP contribution in [0.4, 0.5) is 0 Å². The standard InChI is InChI=1S/C20H18ClNO3S/c1-3-4-5-6-7-14-12-17(24)20(18(19(14)25)22-13(2)23)26-16-10-8-15(21)9-11-16/h3,5-11H,1,4,12H2,2H3,(H,22,23). The van der Waals surface area contributed by atoms with Gasteiger partial charge in [0.1, 0.15) is 5.70 Å². The van der Waals surface area contributed by atoms with E-state index in [1.165, 1.54) is 6.92 Å². The number of carbonyl (C=O) groups excluding carboxylic acids is 3. The molecule has 0 saturated heterocycles. The Bertz CT molecular complexity index is 835. The Morgan fingerprint density at radius 2 is 2.00 bits per heavy atom. The third-order valence-corrected chi connectivity index (χ3v) is 4.82. The Hall–Kier alpha value is -2.37. The number of allylic oxidation sites excluding steroid dienone is 6. The van der Waals surface area contributed by atoms with Gasteiger partial charge in [-0.1, -0.05) is 47.7 Å². The van der Waals surface area contributed by atoms with Gasteiger partial charge in [-0.15, -0.1) is 6.58 Å². The first-order valence-corrected chi connectivity index (χ1v) is 9.11. The van der Waals surface area contributed by atoms with Crippen molar-refractivity contribution in [3.05, 3.63) is 76.3 Å². The molecule has 1 aromatic rings. The van der Waals surface area contributed by atoms with Gasteiger partial charge in [0.25, 0.3) is 0 Å². The van der Waals surface area contributed by atoms with Crippen molar-refractivity contribution in [1.82, 2.24) is 5.32 Å². The summed E-state index contributed by atoms with van der Waals surface area (Å²) in [4.78, 5) is 37.9. The molecule has 0 fully saturated rings. The molecule has 4 nitrogen and oxygen atoms in total. The van der Waals surface area contributed by atoms with E-state index >= 15 is 0 Å². The molecule has 0 heterocycles. The Morgan fingerprint density at radius 3 is 2.62 bits per heavy atom. The highest BCUT2D eigenvalue weighted by atomic mass is 35.5. The number of hydrogen-bond acceptors (Lipinski definition) is 4. The molecule has 0 saturated carbocycles. The van der Waals surface area contributed by atoms with Crippen LogP contribution in [0.25, 0.3) is 0 Å². The van der Waals surface area contributed by atoms with Gasteiger partial charge in [-0.25, -0.2) is 0 Å². The van der Waals surface area contributed by atoms with Gasteiger partial charge >= 0.3 is 0 Å². The summed E-state index contributed by atoms with van der Waals surface area (Å²) in [6, 6.07) is 6.92. The van der Waals surface area contributed by atoms with Crippen molar-refractivity contribution < 1.29 is 14.4 Å². The molecular weight excluding hydrogens is 370 g/mol. The maximum atomic E-state index is 12.7. The van der Waals surface area contributed by atoms with Crippen LogP contribution in [0.15, 0.2) is 76.2 Å². The number of nitrogens with one attached hydrogen (secondary N) is 1. The summed E-state index contributed by atoms with van der Waals surface area (Å²) in [5.74, 6) is -0.963. The number of rotatable bonds is 6. The molecule has 0 bridgehead atoms. The summed E-state index contributed by atoms with van der Waals surface area (Å²) < 4.78 is 0. The molecule has 1 aliphatic rings. The molecule has 0 spiro atoms. The van der Waals surface area contributed by atoms with Crippen LogP contribution in [0.5, 0.6) is 0 Å². The van der Waals surface area contributed by atoms with E-state index in [1.807, 2.05) is 6.08 Å². The molecule has 134 valence electrons. The zero-order chi connectivity index (χ0) is 19.1. The van der Waals surface area contributed by atoms with E-state index in [0.717, 1.165) is 16.7 Å². The monoisotopic (exact) mass is 387 g/mol. The highest BCUT2D eigenvalue weighted by Crippen LogP contribution is 2.35. The lowest BCUT2D eigenvalue weighted by Gasteiger charge is -2.20. The van der Waals surface area contributed by atoms with Crippen molar-refractivity contribution in [1.29, 1.82) is 0 Å². The first kappa shape index (κ1) is 19.9. The topological polar surface area (TPSA) is 63.2 Å². The molecule has 2 rings (SSSR count). The SMILES string of the molecule is C=CCC=CC=C1CC(=O)C(Sc2ccc(Cl)cc2)=C(NC(C)=O)C1=O. The van der Waals surface area contributed by atoms with Crippen LogP contribution >= 0.6 is 23.4 Å². The highest BCUT2D eigenvalue weighted by Gasteiger charge is 2.31. The predicted molar refractivity (Wildman–Crippen MR) is 105 cm³/mol. The van der Waals surface area contributed by atoms with Crippen LogP contribution in [-0.2, 0) is 14.4 Å². The van der Waals surface area contributed by atoms with E-state index in [-0.39, 0.29) is 28.6 Å². The quantitative estimate of drug-likeness (QED) is 0.581. The molecule has 0 aliphatic heterocycles. The second-order valence-electron chi connectivity index (χ2n) is 5.51. The van der Waals surface area contributed by atoms with Gasteiger partial charge in [0, 0.05) is 28.8 Å². The third kappa shape index (κ3) is 5.31. The number of Topliss-reactive ketones (excluding diaryl/α,β-unsaturated/α-hetero) is 2. The van der Waals surface area contributed by atoms with Crippen LogP contribution in [0.1, 0.15) is 19.8 Å². The molecule has 1 N–H and O–H groups in total. The van der Waals surface area contributed by atoms with Crippen molar-refractivity contribution in [2.45, 2.75) is 24.7 Å². The van der Waals surface area contributed by atoms with E-state index < -0.39 is 5.91 Å². The molecule has 26 heavy (non-hydrogen) atoms. The lowest BCUT2D eigenvalue weighted by Crippen LogP contribution is -2.32. The summed E-state index contributed by atoms with van der Waals surface area (Å²) in [5.41, 5.74) is 0.372. The number of amides is 1. The minimum absolute atomic E-state index is 0.00370. The number of halogens is 1. The fourth-order valence-electron chi connectivity index (χ4n) is 2.25. The molecule has 1 aliphatic carbocycles. The Labute approximate surface area is 161 Å². The van der Waals surface area contributed by atoms with Gasteiger partial charge in [0.15, 0.2) is 5.78 Å². The van der Waals surface area contributed by atoms with Gasteiger partial charge in [0.2, 0.25) is 11.7 Å². The van der Waals surface area contributed by atoms with Crippen LogP contribution in [0.2, 0.25) is 5.02 Å². The normalized spacial score (nSPS) is 16.5. The summed E-state index contributed by atoms with van der Waals surface area (Å²) >= 11 is 7.02. The van der Waals surface area contributed by atoms with Crippen LogP contribution in [0.3, 0.4) is 0 Å². The predicted octanol–water partition coefficient (Wildman–Crippen LogP) is 4.38. The second kappa shape index (κ2) is 9.36. The maximum Gasteiger partial charge on any atom is 0.221 e. The highest BCUT2D eigenvalue weighted by molar-refractivity contribution is 8.04. The zero-order valence-electron chi connectivity index (χ0n) is 14.3. The van der Waals surface area contributed by atoms with Crippen molar-refractivity contribution in [3.8, 4) is 0 Å².